The van der Waals surface area contributed by atoms with Crippen LogP contribution in [-0.4, -0.2) is 46.5 Å². The van der Waals surface area contributed by atoms with E-state index in [1.807, 2.05) is 6.92 Å². The number of rotatable bonds is 12. The zero-order chi connectivity index (χ0) is 24.7. The Kier molecular flexibility index (Phi) is 6.53. The topological polar surface area (TPSA) is 81.4 Å². The molecule has 0 aromatic carbocycles. The molecule has 0 amide bonds. The largest absolute Gasteiger partial charge is 0.476 e. The van der Waals surface area contributed by atoms with Gasteiger partial charge in [-0.15, -0.1) is 0 Å². The molecule has 2 aliphatic carbocycles. The molecule has 1 aliphatic heterocycles. The lowest BCUT2D eigenvalue weighted by Gasteiger charge is -2.40. The number of ether oxygens (including phenoxy) is 1. The van der Waals surface area contributed by atoms with E-state index in [-0.39, 0.29) is 42.5 Å². The molecule has 3 heterocycles. The first-order chi connectivity index (χ1) is 16.7. The number of alkyl halides is 2. The van der Waals surface area contributed by atoms with Crippen molar-refractivity contribution in [1.82, 2.24) is 15.1 Å². The number of carbonyl (C=O) groups excluding carboxylic acids is 1. The summed E-state index contributed by atoms with van der Waals surface area (Å²) in [6.45, 7) is 5.65. The molecule has 2 aromatic heterocycles. The molecular weight excluding hydrogens is 454 g/mol. The van der Waals surface area contributed by atoms with Crippen molar-refractivity contribution >= 4 is 11.5 Å². The lowest BCUT2D eigenvalue weighted by atomic mass is 9.81. The fourth-order valence-electron chi connectivity index (χ4n) is 4.93. The average Bonchev–Trinajstić information content (AvgIpc) is 3.73. The van der Waals surface area contributed by atoms with E-state index < -0.39 is 5.92 Å². The third kappa shape index (κ3) is 5.81. The van der Waals surface area contributed by atoms with E-state index in [2.05, 4.69) is 22.0 Å². The van der Waals surface area contributed by atoms with Gasteiger partial charge < -0.3 is 14.2 Å². The van der Waals surface area contributed by atoms with Crippen LogP contribution in [0.2, 0.25) is 0 Å². The highest BCUT2D eigenvalue weighted by atomic mass is 19.3. The van der Waals surface area contributed by atoms with Crippen LogP contribution >= 0.6 is 0 Å². The van der Waals surface area contributed by atoms with Crippen molar-refractivity contribution in [2.75, 3.05) is 24.6 Å². The number of nitrogens with zero attached hydrogens (tertiary/aromatic N) is 4. The Hall–Kier alpha value is -2.58. The Morgan fingerprint density at radius 3 is 2.49 bits per heavy atom. The van der Waals surface area contributed by atoms with Gasteiger partial charge in [-0.3, -0.25) is 4.79 Å². The number of ketones is 1. The molecule has 9 heteroatoms. The van der Waals surface area contributed by atoms with Crippen molar-refractivity contribution in [3.05, 3.63) is 29.5 Å². The average molecular weight is 489 g/mol. The van der Waals surface area contributed by atoms with Crippen LogP contribution < -0.4 is 9.64 Å². The minimum Gasteiger partial charge on any atom is -0.476 e. The molecule has 3 aliphatic rings. The Bertz CT molecular complexity index is 1060. The monoisotopic (exact) mass is 488 g/mol. The molecule has 3 fully saturated rings. The van der Waals surface area contributed by atoms with E-state index in [9.17, 15) is 13.6 Å². The number of halogens is 2. The second-order valence-electron chi connectivity index (χ2n) is 10.9. The Balaban J connectivity index is 1.28. The number of aromatic nitrogens is 3. The molecule has 0 spiro atoms. The number of aryl methyl sites for hydroxylation is 1. The third-order valence-electron chi connectivity index (χ3n) is 7.45. The van der Waals surface area contributed by atoms with Gasteiger partial charge in [0.25, 0.3) is 5.92 Å². The van der Waals surface area contributed by atoms with Gasteiger partial charge in [0.1, 0.15) is 11.4 Å². The molecule has 0 radical (unpaired) electrons. The first-order valence-electron chi connectivity index (χ1n) is 12.8. The SMILES string of the molecule is Cc1nc(C(CC2CC2)[C@H](C)CC(C)C(=O)c2ccc(N3CC(F)(F)C3)c(OCC3CC3)n2)no1. The highest BCUT2D eigenvalue weighted by Gasteiger charge is 2.45. The Morgan fingerprint density at radius 2 is 1.89 bits per heavy atom. The zero-order valence-electron chi connectivity index (χ0n) is 20.7. The molecule has 2 aromatic rings. The van der Waals surface area contributed by atoms with Crippen molar-refractivity contribution in [2.45, 2.75) is 71.1 Å². The fraction of sp³-hybridized carbons (Fsp3) is 0.692. The van der Waals surface area contributed by atoms with Crippen molar-refractivity contribution in [1.29, 1.82) is 0 Å². The summed E-state index contributed by atoms with van der Waals surface area (Å²) >= 11 is 0. The van der Waals surface area contributed by atoms with E-state index >= 15 is 0 Å². The number of anilines is 1. The maximum atomic E-state index is 13.5. The van der Waals surface area contributed by atoms with Crippen molar-refractivity contribution < 1.29 is 22.8 Å². The van der Waals surface area contributed by atoms with Crippen molar-refractivity contribution in [3.8, 4) is 5.88 Å². The molecule has 5 rings (SSSR count). The van der Waals surface area contributed by atoms with Crippen LogP contribution in [0.25, 0.3) is 0 Å². The predicted molar refractivity (Wildman–Crippen MR) is 126 cm³/mol. The molecule has 2 unspecified atom stereocenters. The van der Waals surface area contributed by atoms with Crippen LogP contribution in [0, 0.1) is 30.6 Å². The lowest BCUT2D eigenvalue weighted by molar-refractivity contribution is -0.0265. The van der Waals surface area contributed by atoms with E-state index in [0.717, 1.165) is 25.1 Å². The van der Waals surface area contributed by atoms with Gasteiger partial charge in [-0.2, -0.15) is 4.98 Å². The van der Waals surface area contributed by atoms with Gasteiger partial charge in [-0.25, -0.2) is 13.8 Å². The first-order valence-corrected chi connectivity index (χ1v) is 12.8. The highest BCUT2D eigenvalue weighted by molar-refractivity contribution is 5.96. The van der Waals surface area contributed by atoms with Crippen LogP contribution in [0.5, 0.6) is 5.88 Å². The summed E-state index contributed by atoms with van der Waals surface area (Å²) in [5, 5.41) is 4.17. The molecule has 190 valence electrons. The lowest BCUT2D eigenvalue weighted by Crippen LogP contribution is -2.56. The summed E-state index contributed by atoms with van der Waals surface area (Å²) in [5.74, 6) is 0.0710. The summed E-state index contributed by atoms with van der Waals surface area (Å²) < 4.78 is 38.1. The van der Waals surface area contributed by atoms with Crippen LogP contribution in [0.3, 0.4) is 0 Å². The van der Waals surface area contributed by atoms with E-state index in [4.69, 9.17) is 9.26 Å². The summed E-state index contributed by atoms with van der Waals surface area (Å²) in [4.78, 5) is 23.9. The summed E-state index contributed by atoms with van der Waals surface area (Å²) in [6, 6.07) is 3.34. The molecule has 0 bridgehead atoms. The minimum atomic E-state index is -2.69. The molecular formula is C26H34F2N4O3. The molecule has 1 saturated heterocycles. The maximum absolute atomic E-state index is 13.5. The van der Waals surface area contributed by atoms with Crippen LogP contribution in [0.1, 0.15) is 80.5 Å². The molecule has 0 N–H and O–H groups in total. The number of hydrogen-bond donors (Lipinski definition) is 0. The molecule has 35 heavy (non-hydrogen) atoms. The van der Waals surface area contributed by atoms with Gasteiger partial charge in [0.05, 0.1) is 19.7 Å². The molecule has 3 atom stereocenters. The highest BCUT2D eigenvalue weighted by Crippen LogP contribution is 2.43. The van der Waals surface area contributed by atoms with E-state index in [0.29, 0.717) is 42.1 Å². The summed E-state index contributed by atoms with van der Waals surface area (Å²) in [5.41, 5.74) is 0.854. The van der Waals surface area contributed by atoms with Gasteiger partial charge in [-0.05, 0) is 55.6 Å². The minimum absolute atomic E-state index is 0.0666. The summed E-state index contributed by atoms with van der Waals surface area (Å²) in [6.07, 6.45) is 6.35. The quantitative estimate of drug-likeness (QED) is 0.368. The van der Waals surface area contributed by atoms with Gasteiger partial charge in [0, 0.05) is 18.8 Å². The van der Waals surface area contributed by atoms with Crippen molar-refractivity contribution in [2.24, 2.45) is 23.7 Å². The number of pyridine rings is 1. The molecule has 2 saturated carbocycles. The number of hydrogen-bond acceptors (Lipinski definition) is 7. The van der Waals surface area contributed by atoms with E-state index in [1.165, 1.54) is 12.8 Å². The molecule has 7 nitrogen and oxygen atoms in total. The van der Waals surface area contributed by atoms with Crippen LogP contribution in [-0.2, 0) is 0 Å². The summed E-state index contributed by atoms with van der Waals surface area (Å²) in [7, 11) is 0. The Labute approximate surface area is 204 Å². The van der Waals surface area contributed by atoms with Gasteiger partial charge in [0.15, 0.2) is 11.6 Å². The van der Waals surface area contributed by atoms with Crippen LogP contribution in [0.15, 0.2) is 16.7 Å². The van der Waals surface area contributed by atoms with Gasteiger partial charge in [0.2, 0.25) is 11.8 Å². The standard InChI is InChI=1S/C26H34F2N4O3/c1-15(20(11-18-4-5-18)24-29-17(3)35-31-24)10-16(2)23(33)21-8-9-22(32-13-26(27,28)14-32)25(30-21)34-12-19-6-7-19/h8-9,15-16,18-20H,4-7,10-14H2,1-3H3/t15-,16?,20?/m1/s1. The number of Topliss-reactive ketones (excluding diaryl/α,β-unsaturated/α-hetero) is 1. The van der Waals surface area contributed by atoms with Crippen molar-refractivity contribution in [3.63, 3.8) is 0 Å². The Morgan fingerprint density at radius 1 is 1.17 bits per heavy atom. The first kappa shape index (κ1) is 24.1. The predicted octanol–water partition coefficient (Wildman–Crippen LogP) is 5.45. The van der Waals surface area contributed by atoms with Gasteiger partial charge in [-0.1, -0.05) is 31.8 Å². The second-order valence-corrected chi connectivity index (χ2v) is 10.9. The third-order valence-corrected chi connectivity index (χ3v) is 7.45. The van der Waals surface area contributed by atoms with Crippen LogP contribution in [0.4, 0.5) is 14.5 Å². The maximum Gasteiger partial charge on any atom is 0.282 e. The van der Waals surface area contributed by atoms with E-state index in [1.54, 1.807) is 24.0 Å². The number of carbonyl (C=O) groups is 1. The normalized spacial score (nSPS) is 21.8. The second kappa shape index (κ2) is 9.47. The van der Waals surface area contributed by atoms with Gasteiger partial charge >= 0.3 is 0 Å². The smallest absolute Gasteiger partial charge is 0.282 e. The fourth-order valence-corrected chi connectivity index (χ4v) is 4.93. The zero-order valence-corrected chi connectivity index (χ0v) is 20.7.